The van der Waals surface area contributed by atoms with Crippen LogP contribution in [0.15, 0.2) is 30.3 Å². The lowest BCUT2D eigenvalue weighted by molar-refractivity contribution is -0.160. The molecule has 1 aromatic carbocycles. The Hall–Kier alpha value is -9.74. The van der Waals surface area contributed by atoms with Gasteiger partial charge in [0.05, 0.1) is 24.2 Å². The maximum atomic E-state index is 14.3. The number of primary amides is 3. The van der Waals surface area contributed by atoms with E-state index in [1.807, 2.05) is 58.0 Å². The average molecular weight is 1950 g/mol. The van der Waals surface area contributed by atoms with Crippen molar-refractivity contribution in [3.63, 3.8) is 0 Å². The lowest BCUT2D eigenvalue weighted by Crippen LogP contribution is -2.63. The number of hydrogen-bond acceptors (Lipinski definition) is 21. The largest absolute Gasteiger partial charge is 0.461 e. The molecule has 9 fully saturated rings. The number of urea groups is 3. The number of ether oxygens (including phenoxy) is 3. The number of ketones is 3. The van der Waals surface area contributed by atoms with E-state index in [1.54, 1.807) is 159 Å². The molecule has 38 heteroatoms. The highest BCUT2D eigenvalue weighted by Crippen LogP contribution is 2.67. The molecule has 3 aliphatic heterocycles. The molecule has 10 rings (SSSR count). The number of alkyl halides is 2. The highest BCUT2D eigenvalue weighted by molar-refractivity contribution is 6.51. The predicted molar refractivity (Wildman–Crippen MR) is 507 cm³/mol. The second kappa shape index (κ2) is 42.1. The third-order valence-electron chi connectivity index (χ3n) is 28.2. The van der Waals surface area contributed by atoms with Crippen LogP contribution in [0.2, 0.25) is 0 Å². The van der Waals surface area contributed by atoms with Crippen molar-refractivity contribution in [2.24, 2.45) is 114 Å². The first-order valence-corrected chi connectivity index (χ1v) is 48.5. The zero-order chi connectivity index (χ0) is 103. The van der Waals surface area contributed by atoms with Crippen LogP contribution < -0.4 is 65.1 Å². The quantitative estimate of drug-likeness (QED) is 0.0138. The summed E-state index contributed by atoms with van der Waals surface area (Å²) < 4.78 is 15.2. The first-order valence-electron chi connectivity index (χ1n) is 47.7. The fourth-order valence-corrected chi connectivity index (χ4v) is 20.1. The number of benzene rings is 1. The van der Waals surface area contributed by atoms with Gasteiger partial charge in [-0.1, -0.05) is 234 Å². The molecule has 3 unspecified atom stereocenters. The van der Waals surface area contributed by atoms with Crippen LogP contribution in [-0.2, 0) is 92.7 Å². The summed E-state index contributed by atoms with van der Waals surface area (Å²) in [6.07, 6.45) is 7.97. The molecule has 3 heterocycles. The number of fused-ring (bicyclic) bond motifs is 3. The molecule has 15 N–H and O–H groups in total. The fraction of sp³-hybridized carbons (Fsp3) is 0.755. The molecular formula is C98H153Cl2N15O21. The molecule has 3 saturated heterocycles. The number of nitrogens with one attached hydrogen (secondary N) is 9. The first kappa shape index (κ1) is 112. The number of hydrogen-bond donors (Lipinski definition) is 12. The van der Waals surface area contributed by atoms with Gasteiger partial charge < -0.3 is 94.0 Å². The van der Waals surface area contributed by atoms with Gasteiger partial charge in [-0.2, -0.15) is 0 Å². The van der Waals surface area contributed by atoms with Gasteiger partial charge in [0.1, 0.15) is 70.9 Å². The average Bonchev–Trinajstić information content (AvgIpc) is 1.53. The Balaban J connectivity index is 0.000000251. The summed E-state index contributed by atoms with van der Waals surface area (Å²) in [4.78, 5) is 241. The molecule has 0 radical (unpaired) electrons. The topological polar surface area (TPSA) is 531 Å². The normalized spacial score (nSPS) is 24.2. The number of piperidine rings is 3. The molecule has 6 aliphatic carbocycles. The molecule has 136 heavy (non-hydrogen) atoms. The molecule has 0 aromatic heterocycles. The Morgan fingerprint density at radius 3 is 0.934 bits per heavy atom. The van der Waals surface area contributed by atoms with Gasteiger partial charge >= 0.3 is 36.0 Å². The number of carbonyl (C=O) groups is 18. The Kier molecular flexibility index (Phi) is 34.6. The Labute approximate surface area is 810 Å². The zero-order valence-corrected chi connectivity index (χ0v) is 86.1. The van der Waals surface area contributed by atoms with Gasteiger partial charge in [-0.15, -0.1) is 23.2 Å². The standard InChI is InChI=1S/C36H53N5O7.C32H53N5O7.C30H47Cl2N5O7/c1-34(2,3)27(39-33(47)40-28(35(4,5)6)32(46)48-19-21-13-10-9-11-14-21)31(45)41-18-22-24(36(22,7)8)25(41)30(44)38-23(26(42)29(37)43)17-20-15-12-16-20;1-16(2)44-28(42)24(31(6,7)8)36-29(43)35-23(30(3,4)5)27(41)37-15-18-20(32(18,9)10)21(37)26(40)34-19(22(38)25(33)39)14-17-12-11-13-17;1-27(2,3)20(35-26(43)36-21(28(4,5)6)25(42)44-29(7,8)9)24(41)37-13-15-17(30(15,31)32)18(37)23(40)34-16(12-14-10-11-14)19(38)22(33)39/h9-11,13-14,20,22-25,27-28H,12,15-19H2,1-8H3,(H2,37,43)(H,38,44)(H2,39,40,47);16-21,23-24H,11-15H2,1-10H3,(H2,33,39)(H,34,40)(H2,35,36,43);14-18,20-21H,10-13H2,1-9H3,(H2,33,39)(H,34,40)(H2,35,36,43)/t22-,23?,24-,25-,27+,28+;18-,19?,20-,21-,23+,24+;15-,16?,17-,18-,20+,21+/m000/s1. The van der Waals surface area contributed by atoms with Crippen molar-refractivity contribution >= 4 is 130 Å². The minimum absolute atomic E-state index is 0.0439. The maximum Gasteiger partial charge on any atom is 0.329 e. The van der Waals surface area contributed by atoms with E-state index in [9.17, 15) is 86.3 Å². The summed E-state index contributed by atoms with van der Waals surface area (Å²) in [5.41, 5.74) is 11.0. The van der Waals surface area contributed by atoms with Crippen LogP contribution in [0.25, 0.3) is 0 Å². The molecular weight excluding hydrogens is 1790 g/mol. The van der Waals surface area contributed by atoms with E-state index in [2.05, 4.69) is 47.9 Å². The molecule has 0 spiro atoms. The third kappa shape index (κ3) is 27.7. The van der Waals surface area contributed by atoms with Gasteiger partial charge in [0, 0.05) is 31.5 Å². The van der Waals surface area contributed by atoms with Crippen molar-refractivity contribution < 1.29 is 101 Å². The summed E-state index contributed by atoms with van der Waals surface area (Å²) in [6.45, 7) is 49.7. The van der Waals surface area contributed by atoms with Gasteiger partial charge in [0.15, 0.2) is 0 Å². The number of likely N-dealkylation sites (tertiary alicyclic amines) is 3. The summed E-state index contributed by atoms with van der Waals surface area (Å²) in [6, 6.07) is -5.44. The second-order valence-electron chi connectivity index (χ2n) is 47.9. The summed E-state index contributed by atoms with van der Waals surface area (Å²) >= 11 is 12.9. The monoisotopic (exact) mass is 1950 g/mol. The van der Waals surface area contributed by atoms with E-state index in [0.717, 1.165) is 56.9 Å². The van der Waals surface area contributed by atoms with Crippen LogP contribution in [0.1, 0.15) is 263 Å². The number of halogens is 2. The van der Waals surface area contributed by atoms with Gasteiger partial charge in [-0.05, 0) is 144 Å². The summed E-state index contributed by atoms with van der Waals surface area (Å²) in [7, 11) is 0. The number of rotatable bonds is 33. The smallest absolute Gasteiger partial charge is 0.329 e. The number of amides is 15. The van der Waals surface area contributed by atoms with Crippen LogP contribution in [0.4, 0.5) is 14.4 Å². The molecule has 18 atom stereocenters. The highest BCUT2D eigenvalue weighted by atomic mass is 35.5. The van der Waals surface area contributed by atoms with Crippen molar-refractivity contribution in [1.29, 1.82) is 0 Å². The highest BCUT2D eigenvalue weighted by Gasteiger charge is 2.75. The molecule has 15 amide bonds. The van der Waals surface area contributed by atoms with E-state index < -0.39 is 233 Å². The van der Waals surface area contributed by atoms with Crippen molar-refractivity contribution in [2.75, 3.05) is 19.6 Å². The Morgan fingerprint density at radius 1 is 0.382 bits per heavy atom. The van der Waals surface area contributed by atoms with Crippen LogP contribution in [0, 0.1) is 96.6 Å². The zero-order valence-electron chi connectivity index (χ0n) is 84.6. The van der Waals surface area contributed by atoms with Crippen LogP contribution >= 0.6 is 23.2 Å². The third-order valence-corrected chi connectivity index (χ3v) is 29.2. The van der Waals surface area contributed by atoms with Crippen LogP contribution in [-0.4, -0.2) is 229 Å². The number of nitrogens with two attached hydrogens (primary N) is 3. The van der Waals surface area contributed by atoms with Crippen molar-refractivity contribution in [2.45, 2.75) is 353 Å². The molecule has 0 bridgehead atoms. The molecule has 1 aromatic rings. The minimum Gasteiger partial charge on any atom is -0.461 e. The van der Waals surface area contributed by atoms with Gasteiger partial charge in [0.2, 0.25) is 52.8 Å². The molecule has 6 saturated carbocycles. The SMILES string of the molecule is CC(C)(C)OC(=O)[C@@H](NC(=O)N[C@H](C(=O)N1C[C@H]2[C@@H]([C@H]1C(=O)NC(CC1CC1)C(=O)C(N)=O)C2(Cl)Cl)C(C)(C)C)C(C)(C)C.CC(C)(C)[C@H](NC(=O)N[C@H](C(=O)N1C[C@H]2[C@@H]([C@H]1C(=O)NC(CC1CCC1)C(=O)C(N)=O)C2(C)C)C(C)(C)C)C(=O)OCc1ccccc1.CC(C)OC(=O)[C@@H](NC(=O)N[C@H](C(=O)N1C[C@H]2[C@@H]([C@H]1C(=O)NC(CC1CCC1)C(=O)C(N)=O)C2(C)C)C(C)(C)C)C(C)(C)C. The molecule has 760 valence electrons. The van der Waals surface area contributed by atoms with Gasteiger partial charge in [0.25, 0.3) is 17.7 Å². The van der Waals surface area contributed by atoms with Crippen LogP contribution in [0.5, 0.6) is 0 Å². The van der Waals surface area contributed by atoms with E-state index >= 15 is 0 Å². The summed E-state index contributed by atoms with van der Waals surface area (Å²) in [5.74, 6) is -11.5. The van der Waals surface area contributed by atoms with Crippen molar-refractivity contribution in [1.82, 2.24) is 62.6 Å². The maximum absolute atomic E-state index is 14.3. The van der Waals surface area contributed by atoms with Gasteiger partial charge in [-0.25, -0.2) is 28.8 Å². The first-order chi connectivity index (χ1) is 62.2. The van der Waals surface area contributed by atoms with Gasteiger partial charge in [-0.3, -0.25) is 57.5 Å². The van der Waals surface area contributed by atoms with Crippen LogP contribution in [0.3, 0.4) is 0 Å². The lowest BCUT2D eigenvalue weighted by Gasteiger charge is -2.38. The Morgan fingerprint density at radius 2 is 0.662 bits per heavy atom. The lowest BCUT2D eigenvalue weighted by atomic mass is 9.80. The molecule has 36 nitrogen and oxygen atoms in total. The minimum atomic E-state index is -1.26. The number of nitrogens with zero attached hydrogens (tertiary/aromatic N) is 3. The second-order valence-corrected chi connectivity index (χ2v) is 49.3. The number of Topliss-reactive ketones (excluding diaryl/α,β-unsaturated/α-hetero) is 3. The van der Waals surface area contributed by atoms with Crippen molar-refractivity contribution in [3.05, 3.63) is 35.9 Å². The van der Waals surface area contributed by atoms with E-state index in [-0.39, 0.29) is 77.9 Å². The predicted octanol–water partition coefficient (Wildman–Crippen LogP) is 7.78. The number of carbonyl (C=O) groups excluding carboxylic acids is 18. The molecule has 9 aliphatic rings. The summed E-state index contributed by atoms with van der Waals surface area (Å²) in [5, 5.41) is 24.6. The fourth-order valence-electron chi connectivity index (χ4n) is 19.3. The number of esters is 3. The van der Waals surface area contributed by atoms with E-state index in [0.29, 0.717) is 25.9 Å². The van der Waals surface area contributed by atoms with E-state index in [4.69, 9.17) is 54.6 Å². The van der Waals surface area contributed by atoms with Crippen molar-refractivity contribution in [3.8, 4) is 0 Å². The van der Waals surface area contributed by atoms with E-state index in [1.165, 1.54) is 14.7 Å². The Bertz CT molecular complexity index is 4690.